The van der Waals surface area contributed by atoms with E-state index in [2.05, 4.69) is 0 Å². The van der Waals surface area contributed by atoms with Gasteiger partial charge in [0.1, 0.15) is 0 Å². The molecule has 0 rings (SSSR count). The average molecular weight is 248 g/mol. The maximum Gasteiger partial charge on any atom is 0 e. The summed E-state index contributed by atoms with van der Waals surface area (Å²) in [7, 11) is -4.64. The van der Waals surface area contributed by atoms with Crippen LogP contribution in [0.15, 0.2) is 0 Å². The molecule has 0 aliphatic carbocycles. The second-order valence-electron chi connectivity index (χ2n) is 0.513. The van der Waals surface area contributed by atoms with Gasteiger partial charge in [-0.15, -0.1) is 0 Å². The van der Waals surface area contributed by atoms with Gasteiger partial charge in [-0.3, -0.25) is 0 Å². The Kier molecular flexibility index (Phi) is 25.8. The van der Waals surface area contributed by atoms with Gasteiger partial charge < -0.3 is 14.7 Å². The van der Waals surface area contributed by atoms with Crippen molar-refractivity contribution in [3.05, 3.63) is 0 Å². The van der Waals surface area contributed by atoms with E-state index < -0.39 is 7.82 Å². The minimum atomic E-state index is -4.64. The van der Waals surface area contributed by atoms with E-state index in [-0.39, 0.29) is 63.6 Å². The van der Waals surface area contributed by atoms with Gasteiger partial charge in [-0.25, -0.2) is 4.57 Å². The van der Waals surface area contributed by atoms with Crippen molar-refractivity contribution in [1.82, 2.24) is 0 Å². The number of hydrogen-bond donors (Lipinski definition) is 3. The fourth-order valence-electron chi connectivity index (χ4n) is 0. The van der Waals surface area contributed by atoms with E-state index in [0.29, 0.717) is 0 Å². The Hall–Kier alpha value is 2.17. The van der Waals surface area contributed by atoms with E-state index in [1.54, 1.807) is 0 Å². The van der Waals surface area contributed by atoms with Crippen LogP contribution >= 0.6 is 7.82 Å². The quantitative estimate of drug-likeness (QED) is 0.357. The van der Waals surface area contributed by atoms with Gasteiger partial charge in [0.2, 0.25) is 0 Å². The van der Waals surface area contributed by atoms with Crippen molar-refractivity contribution in [1.29, 1.82) is 0 Å². The molecule has 0 aliphatic rings. The second-order valence-corrected chi connectivity index (χ2v) is 1.54. The largest absolute Gasteiger partial charge is 0 e. The molecule has 0 aliphatic heterocycles. The standard InChI is InChI=1S/Li.H3O4P.V.Zr.H/c;1-5(2,3)4;;;/h;(H3,1,2,3,4);;;. The minimum Gasteiger partial charge on any atom is 0 e. The predicted molar refractivity (Wildman–Crippen MR) is 21.4 cm³/mol. The molecule has 4 nitrogen and oxygen atoms in total. The van der Waals surface area contributed by atoms with Gasteiger partial charge >= 0.3 is 26.7 Å². The molecule has 0 spiro atoms. The SMILES string of the molecule is O=P(O)(O)O.[LiH].[V].[Zr]. The van der Waals surface area contributed by atoms with E-state index >= 15 is 0 Å². The Bertz CT molecular complexity index is 62.2. The summed E-state index contributed by atoms with van der Waals surface area (Å²) in [6.07, 6.45) is 0. The monoisotopic (exact) mass is 247 g/mol. The minimum absolute atomic E-state index is 0. The van der Waals surface area contributed by atoms with Crippen LogP contribution < -0.4 is 0 Å². The Labute approximate surface area is 89.9 Å². The molecule has 0 saturated carbocycles. The zero-order chi connectivity index (χ0) is 4.50. The molecule has 0 aromatic carbocycles. The van der Waals surface area contributed by atoms with Gasteiger partial charge in [0.15, 0.2) is 0 Å². The van der Waals surface area contributed by atoms with E-state index in [4.69, 9.17) is 19.2 Å². The third-order valence-electron chi connectivity index (χ3n) is 0. The van der Waals surface area contributed by atoms with Crippen molar-refractivity contribution in [2.45, 2.75) is 0 Å². The Balaban J connectivity index is -0.0000000267. The van der Waals surface area contributed by atoms with Crippen molar-refractivity contribution in [3.63, 3.8) is 0 Å². The fraction of sp³-hybridized carbons (Fsp3) is 0. The summed E-state index contributed by atoms with van der Waals surface area (Å²) >= 11 is 0. The maximum atomic E-state index is 8.88. The van der Waals surface area contributed by atoms with E-state index in [1.165, 1.54) is 0 Å². The van der Waals surface area contributed by atoms with Crippen LogP contribution in [0.5, 0.6) is 0 Å². The van der Waals surface area contributed by atoms with Crippen LogP contribution in [0.1, 0.15) is 0 Å². The molecule has 0 atom stereocenters. The Morgan fingerprint density at radius 2 is 1.12 bits per heavy atom. The average Bonchev–Trinajstić information content (AvgIpc) is 0.722. The second kappa shape index (κ2) is 9.17. The molecule has 0 aromatic rings. The first-order valence-corrected chi connectivity index (χ1v) is 2.35. The molecule has 0 fully saturated rings. The van der Waals surface area contributed by atoms with Crippen LogP contribution in [0.3, 0.4) is 0 Å². The first kappa shape index (κ1) is 22.5. The normalized spacial score (nSPS) is 7.38. The molecular weight excluding hydrogens is 244 g/mol. The number of rotatable bonds is 0. The molecule has 1 radical (unpaired) electrons. The maximum absolute atomic E-state index is 8.88. The third kappa shape index (κ3) is 89.0. The predicted octanol–water partition coefficient (Wildman–Crippen LogP) is -1.58. The van der Waals surface area contributed by atoms with Gasteiger partial charge in [-0.05, 0) is 0 Å². The molecule has 43 valence electrons. The third-order valence-corrected chi connectivity index (χ3v) is 0. The molecular formula is H4LiO4PVZr. The summed E-state index contributed by atoms with van der Waals surface area (Å²) in [4.78, 5) is 21.6. The molecule has 0 aromatic heterocycles. The summed E-state index contributed by atoms with van der Waals surface area (Å²) < 4.78 is 8.88. The summed E-state index contributed by atoms with van der Waals surface area (Å²) in [5.74, 6) is 0. The zero-order valence-electron chi connectivity index (χ0n) is 3.14. The van der Waals surface area contributed by atoms with Gasteiger partial charge in [-0.2, -0.15) is 0 Å². The molecule has 0 amide bonds. The number of phosphoric acid groups is 1. The molecule has 0 bridgehead atoms. The molecule has 0 heterocycles. The van der Waals surface area contributed by atoms with Crippen LogP contribution in [-0.4, -0.2) is 33.5 Å². The van der Waals surface area contributed by atoms with Crippen molar-refractivity contribution in [3.8, 4) is 0 Å². The van der Waals surface area contributed by atoms with Gasteiger partial charge in [-0.1, -0.05) is 0 Å². The molecule has 8 heteroatoms. The van der Waals surface area contributed by atoms with Crippen LogP contribution in [0.4, 0.5) is 0 Å². The van der Waals surface area contributed by atoms with Crippen molar-refractivity contribution in [2.24, 2.45) is 0 Å². The molecule has 3 N–H and O–H groups in total. The Morgan fingerprint density at radius 3 is 1.12 bits per heavy atom. The summed E-state index contributed by atoms with van der Waals surface area (Å²) in [5.41, 5.74) is 0. The van der Waals surface area contributed by atoms with Crippen molar-refractivity contribution >= 4 is 26.7 Å². The summed E-state index contributed by atoms with van der Waals surface area (Å²) in [6, 6.07) is 0. The van der Waals surface area contributed by atoms with E-state index in [1.807, 2.05) is 0 Å². The van der Waals surface area contributed by atoms with Crippen molar-refractivity contribution < 1.29 is 64.0 Å². The van der Waals surface area contributed by atoms with Crippen LogP contribution in [0.25, 0.3) is 0 Å². The van der Waals surface area contributed by atoms with Gasteiger partial charge in [0, 0.05) is 44.8 Å². The fourth-order valence-corrected chi connectivity index (χ4v) is 0. The smallest absolute Gasteiger partial charge is 0 e. The van der Waals surface area contributed by atoms with E-state index in [9.17, 15) is 0 Å². The van der Waals surface area contributed by atoms with Gasteiger partial charge in [0.25, 0.3) is 0 Å². The van der Waals surface area contributed by atoms with Crippen LogP contribution in [0.2, 0.25) is 0 Å². The van der Waals surface area contributed by atoms with Crippen LogP contribution in [0, 0.1) is 0 Å². The molecule has 0 unspecified atom stereocenters. The molecule has 8 heavy (non-hydrogen) atoms. The summed E-state index contributed by atoms with van der Waals surface area (Å²) in [5, 5.41) is 0. The zero-order valence-corrected chi connectivity index (χ0v) is 7.89. The topological polar surface area (TPSA) is 77.8 Å². The molecule has 0 saturated heterocycles. The van der Waals surface area contributed by atoms with Crippen LogP contribution in [-0.2, 0) is 49.3 Å². The number of hydrogen-bond acceptors (Lipinski definition) is 1. The van der Waals surface area contributed by atoms with Crippen molar-refractivity contribution in [2.75, 3.05) is 0 Å². The summed E-state index contributed by atoms with van der Waals surface area (Å²) in [6.45, 7) is 0. The van der Waals surface area contributed by atoms with Gasteiger partial charge in [0.05, 0.1) is 0 Å². The van der Waals surface area contributed by atoms with E-state index in [0.717, 1.165) is 0 Å². The first-order chi connectivity index (χ1) is 2.00. The Morgan fingerprint density at radius 1 is 1.12 bits per heavy atom. The first-order valence-electron chi connectivity index (χ1n) is 0.783.